The van der Waals surface area contributed by atoms with Gasteiger partial charge in [-0.3, -0.25) is 4.68 Å². The van der Waals surface area contributed by atoms with E-state index in [0.29, 0.717) is 5.75 Å². The Hall–Kier alpha value is -2.06. The maximum Gasteiger partial charge on any atom is 0.152 e. The molecule has 0 aliphatic heterocycles. The van der Waals surface area contributed by atoms with Crippen LogP contribution in [0.2, 0.25) is 5.02 Å². The van der Waals surface area contributed by atoms with E-state index in [1.165, 1.54) is 10.7 Å². The predicted molar refractivity (Wildman–Crippen MR) is 70.8 cm³/mol. The molecule has 0 unspecified atom stereocenters. The molecule has 4 nitrogen and oxygen atoms in total. The Bertz CT molecular complexity index is 716. The van der Waals surface area contributed by atoms with Crippen molar-refractivity contribution < 1.29 is 9.13 Å². The van der Waals surface area contributed by atoms with Crippen LogP contribution in [0.1, 0.15) is 18.4 Å². The average molecular weight is 291 g/mol. The van der Waals surface area contributed by atoms with Gasteiger partial charge in [-0.05, 0) is 12.8 Å². The fraction of sp³-hybridized carbons (Fsp3) is 0.286. The van der Waals surface area contributed by atoms with Gasteiger partial charge in [-0.25, -0.2) is 4.39 Å². The smallest absolute Gasteiger partial charge is 0.152 e. The number of nitriles is 1. The molecule has 1 radical (unpaired) electrons. The first-order valence-corrected chi connectivity index (χ1v) is 6.48. The highest BCUT2D eigenvalue weighted by Crippen LogP contribution is 2.38. The molecule has 1 aromatic carbocycles. The average Bonchev–Trinajstić information content (AvgIpc) is 3.13. The zero-order chi connectivity index (χ0) is 14.3. The second-order valence-corrected chi connectivity index (χ2v) is 5.05. The van der Waals surface area contributed by atoms with Gasteiger partial charge in [0.05, 0.1) is 16.7 Å². The summed E-state index contributed by atoms with van der Waals surface area (Å²) in [5.74, 6) is -0.378. The number of ether oxygens (including phenoxy) is 1. The normalized spacial score (nSPS) is 14.1. The molecule has 2 aromatic rings. The van der Waals surface area contributed by atoms with Gasteiger partial charge in [0.15, 0.2) is 5.82 Å². The van der Waals surface area contributed by atoms with Crippen molar-refractivity contribution in [2.75, 3.05) is 0 Å². The van der Waals surface area contributed by atoms with Crippen LogP contribution >= 0.6 is 11.6 Å². The molecule has 0 N–H and O–H groups in total. The van der Waals surface area contributed by atoms with E-state index in [0.717, 1.165) is 12.8 Å². The third kappa shape index (κ3) is 2.23. The summed E-state index contributed by atoms with van der Waals surface area (Å²) < 4.78 is 21.4. The first-order chi connectivity index (χ1) is 9.60. The van der Waals surface area contributed by atoms with Gasteiger partial charge in [0.2, 0.25) is 0 Å². The molecule has 1 fully saturated rings. The molecule has 1 aliphatic rings. The van der Waals surface area contributed by atoms with Crippen molar-refractivity contribution in [3.63, 3.8) is 0 Å². The monoisotopic (exact) mass is 290 g/mol. The van der Waals surface area contributed by atoms with Crippen molar-refractivity contribution in [1.29, 1.82) is 5.26 Å². The zero-order valence-electron chi connectivity index (χ0n) is 10.7. The summed E-state index contributed by atoms with van der Waals surface area (Å²) >= 11 is 5.90. The van der Waals surface area contributed by atoms with Crippen molar-refractivity contribution in [3.05, 3.63) is 34.7 Å². The van der Waals surface area contributed by atoms with Crippen LogP contribution in [0.4, 0.5) is 4.39 Å². The molecule has 0 amide bonds. The van der Waals surface area contributed by atoms with Crippen molar-refractivity contribution >= 4 is 11.6 Å². The molecule has 0 bridgehead atoms. The van der Waals surface area contributed by atoms with E-state index in [2.05, 4.69) is 11.2 Å². The highest BCUT2D eigenvalue weighted by Gasteiger charge is 2.28. The lowest BCUT2D eigenvalue weighted by Crippen LogP contribution is -2.02. The second-order valence-electron chi connectivity index (χ2n) is 4.65. The van der Waals surface area contributed by atoms with E-state index in [1.54, 1.807) is 13.2 Å². The summed E-state index contributed by atoms with van der Waals surface area (Å²) in [6.45, 7) is 0. The highest BCUT2D eigenvalue weighted by molar-refractivity contribution is 6.31. The van der Waals surface area contributed by atoms with Crippen molar-refractivity contribution in [1.82, 2.24) is 9.78 Å². The Morgan fingerprint density at radius 3 is 2.90 bits per heavy atom. The molecular formula is C14H10ClFN3O. The van der Waals surface area contributed by atoms with Gasteiger partial charge in [0.1, 0.15) is 23.1 Å². The molecule has 1 aliphatic carbocycles. The third-order valence-electron chi connectivity index (χ3n) is 3.00. The van der Waals surface area contributed by atoms with Crippen molar-refractivity contribution in [3.8, 4) is 23.1 Å². The molecule has 3 rings (SSSR count). The fourth-order valence-corrected chi connectivity index (χ4v) is 2.08. The molecule has 101 valence electrons. The van der Waals surface area contributed by atoms with E-state index in [1.807, 2.05) is 6.07 Å². The Kier molecular flexibility index (Phi) is 3.11. The summed E-state index contributed by atoms with van der Waals surface area (Å²) in [7, 11) is 1.69. The lowest BCUT2D eigenvalue weighted by Gasteiger charge is -2.11. The fourth-order valence-electron chi connectivity index (χ4n) is 1.89. The Balaban J connectivity index is 2.20. The SMILES string of the molecule is Cn1c[c]c(-c2c(F)c(Cl)cc(OC3CC3)c2C#N)n1. The maximum atomic E-state index is 14.3. The van der Waals surface area contributed by atoms with Gasteiger partial charge >= 0.3 is 0 Å². The number of aromatic nitrogens is 2. The van der Waals surface area contributed by atoms with E-state index in [9.17, 15) is 9.65 Å². The van der Waals surface area contributed by atoms with Crippen LogP contribution < -0.4 is 4.74 Å². The van der Waals surface area contributed by atoms with E-state index < -0.39 is 5.82 Å². The predicted octanol–water partition coefficient (Wildman–Crippen LogP) is 3.09. The number of aryl methyl sites for hydroxylation is 1. The minimum Gasteiger partial charge on any atom is -0.489 e. The van der Waals surface area contributed by atoms with Crippen LogP contribution in [0.3, 0.4) is 0 Å². The number of nitrogens with zero attached hydrogens (tertiary/aromatic N) is 3. The summed E-state index contributed by atoms with van der Waals surface area (Å²) in [5, 5.41) is 13.3. The van der Waals surface area contributed by atoms with E-state index in [-0.39, 0.29) is 27.9 Å². The molecule has 1 aromatic heterocycles. The minimum absolute atomic E-state index is 0.0382. The number of rotatable bonds is 3. The van der Waals surface area contributed by atoms with Crippen LogP contribution in [-0.2, 0) is 7.05 Å². The molecule has 1 saturated carbocycles. The van der Waals surface area contributed by atoms with Crippen molar-refractivity contribution in [2.24, 2.45) is 7.05 Å². The first kappa shape index (κ1) is 12.9. The van der Waals surface area contributed by atoms with Crippen LogP contribution in [0.25, 0.3) is 11.3 Å². The Morgan fingerprint density at radius 2 is 2.35 bits per heavy atom. The number of hydrogen-bond donors (Lipinski definition) is 0. The van der Waals surface area contributed by atoms with E-state index >= 15 is 0 Å². The van der Waals surface area contributed by atoms with Crippen LogP contribution in [0.5, 0.6) is 5.75 Å². The van der Waals surface area contributed by atoms with Crippen LogP contribution in [0, 0.1) is 23.2 Å². The summed E-state index contributed by atoms with van der Waals surface area (Å²) in [6, 6.07) is 6.13. The molecular weight excluding hydrogens is 281 g/mol. The second kappa shape index (κ2) is 4.80. The summed E-state index contributed by atoms with van der Waals surface area (Å²) in [4.78, 5) is 0. The third-order valence-corrected chi connectivity index (χ3v) is 3.27. The zero-order valence-corrected chi connectivity index (χ0v) is 11.4. The number of hydrogen-bond acceptors (Lipinski definition) is 3. The Morgan fingerprint density at radius 1 is 1.60 bits per heavy atom. The van der Waals surface area contributed by atoms with Gasteiger partial charge in [0.25, 0.3) is 0 Å². The van der Waals surface area contributed by atoms with Gasteiger partial charge in [-0.15, -0.1) is 0 Å². The quantitative estimate of drug-likeness (QED) is 0.873. The standard InChI is InChI=1S/C14H10ClFN3O/c1-19-5-4-11(18-19)13-9(7-17)12(20-8-2-3-8)6-10(15)14(13)16/h5-6,8H,2-3H2,1H3. The topological polar surface area (TPSA) is 50.8 Å². The summed E-state index contributed by atoms with van der Waals surface area (Å²) in [5.41, 5.74) is 0.384. The van der Waals surface area contributed by atoms with E-state index in [4.69, 9.17) is 16.3 Å². The van der Waals surface area contributed by atoms with Crippen molar-refractivity contribution in [2.45, 2.75) is 18.9 Å². The minimum atomic E-state index is -0.679. The Labute approximate surface area is 120 Å². The number of halogens is 2. The molecule has 20 heavy (non-hydrogen) atoms. The van der Waals surface area contributed by atoms with Gasteiger partial charge in [-0.2, -0.15) is 10.4 Å². The van der Waals surface area contributed by atoms with Gasteiger partial charge in [0, 0.05) is 25.4 Å². The molecule has 0 spiro atoms. The number of benzene rings is 1. The van der Waals surface area contributed by atoms with Gasteiger partial charge < -0.3 is 4.74 Å². The lowest BCUT2D eigenvalue weighted by molar-refractivity contribution is 0.302. The maximum absolute atomic E-state index is 14.3. The van der Waals surface area contributed by atoms with Crippen LogP contribution in [-0.4, -0.2) is 15.9 Å². The molecule has 6 heteroatoms. The summed E-state index contributed by atoms with van der Waals surface area (Å²) in [6.07, 6.45) is 3.51. The molecule has 0 atom stereocenters. The first-order valence-electron chi connectivity index (χ1n) is 6.10. The van der Waals surface area contributed by atoms with Gasteiger partial charge in [-0.1, -0.05) is 11.6 Å². The molecule has 0 saturated heterocycles. The lowest BCUT2D eigenvalue weighted by atomic mass is 10.0. The molecule has 1 heterocycles. The largest absolute Gasteiger partial charge is 0.489 e. The van der Waals surface area contributed by atoms with Crippen LogP contribution in [0.15, 0.2) is 12.3 Å². The highest BCUT2D eigenvalue weighted by atomic mass is 35.5.